The van der Waals surface area contributed by atoms with Gasteiger partial charge in [-0.1, -0.05) is 6.42 Å². The molecule has 0 aromatic carbocycles. The van der Waals surface area contributed by atoms with E-state index in [4.69, 9.17) is 0 Å². The van der Waals surface area contributed by atoms with E-state index >= 15 is 0 Å². The molecule has 0 unspecified atom stereocenters. The highest BCUT2D eigenvalue weighted by Gasteiger charge is 2.47. The lowest BCUT2D eigenvalue weighted by molar-refractivity contribution is -0.0521. The van der Waals surface area contributed by atoms with Gasteiger partial charge in [-0.25, -0.2) is 0 Å². The molecule has 3 fully saturated rings. The van der Waals surface area contributed by atoms with Crippen LogP contribution >= 0.6 is 0 Å². The molecule has 0 aromatic heterocycles. The first-order valence-corrected chi connectivity index (χ1v) is 8.17. The van der Waals surface area contributed by atoms with E-state index in [0.717, 1.165) is 17.5 Å². The van der Waals surface area contributed by atoms with Gasteiger partial charge in [0.05, 0.1) is 0 Å². The molecular weight excluding hydrogens is 220 g/mol. The second-order valence-electron chi connectivity index (χ2n) is 7.29. The quantitative estimate of drug-likeness (QED) is 0.743. The van der Waals surface area contributed by atoms with E-state index in [-0.39, 0.29) is 0 Å². The molecule has 3 rings (SSSR count). The van der Waals surface area contributed by atoms with Crippen molar-refractivity contribution in [2.45, 2.75) is 70.9 Å². The zero-order valence-electron chi connectivity index (χ0n) is 12.3. The van der Waals surface area contributed by atoms with Crippen molar-refractivity contribution in [3.05, 3.63) is 0 Å². The van der Waals surface area contributed by atoms with Crippen LogP contribution in [0.2, 0.25) is 0 Å². The zero-order valence-corrected chi connectivity index (χ0v) is 12.3. The maximum absolute atomic E-state index is 2.80. The summed E-state index contributed by atoms with van der Waals surface area (Å²) in [7, 11) is 0. The van der Waals surface area contributed by atoms with Crippen LogP contribution < -0.4 is 0 Å². The fourth-order valence-corrected chi connectivity index (χ4v) is 4.40. The largest absolute Gasteiger partial charge is 0.301 e. The van der Waals surface area contributed by atoms with E-state index in [1.54, 1.807) is 0 Å². The van der Waals surface area contributed by atoms with Crippen molar-refractivity contribution in [1.82, 2.24) is 9.80 Å². The van der Waals surface area contributed by atoms with Crippen LogP contribution in [0.3, 0.4) is 0 Å². The lowest BCUT2D eigenvalue weighted by Crippen LogP contribution is -2.56. The summed E-state index contributed by atoms with van der Waals surface area (Å²) in [6, 6.07) is 1.70. The standard InChI is InChI=1S/C16H30N2/c1-14(2)17-10-6-16(7-11-17)12-15(13-16)18-8-4-3-5-9-18/h14-15H,3-13H2,1-2H3. The lowest BCUT2D eigenvalue weighted by Gasteiger charge is -2.56. The molecule has 1 aliphatic carbocycles. The molecule has 0 N–H and O–H groups in total. The van der Waals surface area contributed by atoms with Gasteiger partial charge in [0.15, 0.2) is 0 Å². The van der Waals surface area contributed by atoms with E-state index in [9.17, 15) is 0 Å². The first-order chi connectivity index (χ1) is 8.69. The van der Waals surface area contributed by atoms with E-state index in [1.165, 1.54) is 71.1 Å². The van der Waals surface area contributed by atoms with Gasteiger partial charge in [0.1, 0.15) is 0 Å². The smallest absolute Gasteiger partial charge is 0.0106 e. The van der Waals surface area contributed by atoms with Gasteiger partial charge in [0.25, 0.3) is 0 Å². The third kappa shape index (κ3) is 2.46. The minimum atomic E-state index is 0.750. The molecule has 2 heterocycles. The Morgan fingerprint density at radius 2 is 1.50 bits per heavy atom. The molecular formula is C16H30N2. The number of piperidine rings is 2. The van der Waals surface area contributed by atoms with E-state index in [0.29, 0.717) is 0 Å². The van der Waals surface area contributed by atoms with Crippen molar-refractivity contribution in [2.24, 2.45) is 5.41 Å². The Bertz CT molecular complexity index is 265. The number of likely N-dealkylation sites (tertiary alicyclic amines) is 2. The van der Waals surface area contributed by atoms with Crippen LogP contribution in [-0.4, -0.2) is 48.1 Å². The zero-order chi connectivity index (χ0) is 12.6. The summed E-state index contributed by atoms with van der Waals surface area (Å²) in [4.78, 5) is 5.46. The van der Waals surface area contributed by atoms with Crippen molar-refractivity contribution < 1.29 is 0 Å². The molecule has 2 aliphatic heterocycles. The molecule has 0 atom stereocenters. The number of hydrogen-bond acceptors (Lipinski definition) is 2. The fraction of sp³-hybridized carbons (Fsp3) is 1.00. The third-order valence-corrected chi connectivity index (χ3v) is 5.83. The van der Waals surface area contributed by atoms with Gasteiger partial charge in [-0.15, -0.1) is 0 Å². The predicted octanol–water partition coefficient (Wildman–Crippen LogP) is 3.13. The van der Waals surface area contributed by atoms with E-state index in [2.05, 4.69) is 23.6 Å². The molecule has 1 spiro atoms. The topological polar surface area (TPSA) is 6.48 Å². The highest BCUT2D eigenvalue weighted by molar-refractivity contribution is 5.01. The van der Waals surface area contributed by atoms with Crippen molar-refractivity contribution in [3.8, 4) is 0 Å². The molecule has 1 saturated carbocycles. The molecule has 0 amide bonds. The summed E-state index contributed by atoms with van der Waals surface area (Å²) >= 11 is 0. The first kappa shape index (κ1) is 12.9. The van der Waals surface area contributed by atoms with Crippen LogP contribution in [0.25, 0.3) is 0 Å². The Morgan fingerprint density at radius 3 is 2.06 bits per heavy atom. The SMILES string of the molecule is CC(C)N1CCC2(CC1)CC(N1CCCCC1)C2. The highest BCUT2D eigenvalue weighted by atomic mass is 15.2. The van der Waals surface area contributed by atoms with Crippen molar-refractivity contribution in [1.29, 1.82) is 0 Å². The molecule has 0 bridgehead atoms. The van der Waals surface area contributed by atoms with Gasteiger partial charge in [-0.2, -0.15) is 0 Å². The molecule has 0 radical (unpaired) electrons. The summed E-state index contributed by atoms with van der Waals surface area (Å²) in [5, 5.41) is 0. The molecule has 2 saturated heterocycles. The molecule has 0 aromatic rings. The second kappa shape index (κ2) is 5.13. The van der Waals surface area contributed by atoms with Crippen LogP contribution in [0.5, 0.6) is 0 Å². The minimum Gasteiger partial charge on any atom is -0.301 e. The van der Waals surface area contributed by atoms with Crippen LogP contribution in [0, 0.1) is 5.41 Å². The van der Waals surface area contributed by atoms with Crippen molar-refractivity contribution in [2.75, 3.05) is 26.2 Å². The fourth-order valence-electron chi connectivity index (χ4n) is 4.40. The first-order valence-electron chi connectivity index (χ1n) is 8.17. The average Bonchev–Trinajstić information content (AvgIpc) is 2.37. The Hall–Kier alpha value is -0.0800. The Balaban J connectivity index is 1.46. The molecule has 104 valence electrons. The van der Waals surface area contributed by atoms with Crippen LogP contribution in [0.15, 0.2) is 0 Å². The summed E-state index contributed by atoms with van der Waals surface area (Å²) in [5.74, 6) is 0. The van der Waals surface area contributed by atoms with Crippen molar-refractivity contribution in [3.63, 3.8) is 0 Å². The van der Waals surface area contributed by atoms with E-state index in [1.807, 2.05) is 0 Å². The molecule has 2 heteroatoms. The Morgan fingerprint density at radius 1 is 0.889 bits per heavy atom. The molecule has 3 aliphatic rings. The van der Waals surface area contributed by atoms with Gasteiger partial charge >= 0.3 is 0 Å². The Kier molecular flexibility index (Phi) is 3.68. The molecule has 2 nitrogen and oxygen atoms in total. The van der Waals surface area contributed by atoms with Crippen molar-refractivity contribution >= 4 is 0 Å². The average molecular weight is 250 g/mol. The monoisotopic (exact) mass is 250 g/mol. The Labute approximate surface area is 113 Å². The van der Waals surface area contributed by atoms with Crippen LogP contribution in [-0.2, 0) is 0 Å². The van der Waals surface area contributed by atoms with Crippen LogP contribution in [0.1, 0.15) is 58.8 Å². The van der Waals surface area contributed by atoms with Gasteiger partial charge in [-0.05, 0) is 84.0 Å². The summed E-state index contributed by atoms with van der Waals surface area (Å²) in [6.07, 6.45) is 10.3. The van der Waals surface area contributed by atoms with Crippen LogP contribution in [0.4, 0.5) is 0 Å². The van der Waals surface area contributed by atoms with Gasteiger partial charge in [0, 0.05) is 12.1 Å². The number of nitrogens with zero attached hydrogens (tertiary/aromatic N) is 2. The summed E-state index contributed by atoms with van der Waals surface area (Å²) < 4.78 is 0. The van der Waals surface area contributed by atoms with Gasteiger partial charge in [-0.3, -0.25) is 0 Å². The third-order valence-electron chi connectivity index (χ3n) is 5.83. The summed E-state index contributed by atoms with van der Waals surface area (Å²) in [6.45, 7) is 10.2. The second-order valence-corrected chi connectivity index (χ2v) is 7.29. The lowest BCUT2D eigenvalue weighted by atomic mass is 9.59. The predicted molar refractivity (Wildman–Crippen MR) is 76.8 cm³/mol. The minimum absolute atomic E-state index is 0.750. The van der Waals surface area contributed by atoms with E-state index < -0.39 is 0 Å². The number of hydrogen-bond donors (Lipinski definition) is 0. The summed E-state index contributed by atoms with van der Waals surface area (Å²) in [5.41, 5.74) is 0.757. The highest BCUT2D eigenvalue weighted by Crippen LogP contribution is 2.51. The maximum atomic E-state index is 2.80. The molecule has 18 heavy (non-hydrogen) atoms. The maximum Gasteiger partial charge on any atom is 0.0106 e. The normalized spacial score (nSPS) is 30.8. The number of rotatable bonds is 2. The van der Waals surface area contributed by atoms with Gasteiger partial charge < -0.3 is 9.80 Å². The van der Waals surface area contributed by atoms with Gasteiger partial charge in [0.2, 0.25) is 0 Å².